The van der Waals surface area contributed by atoms with Gasteiger partial charge in [-0.1, -0.05) is 0 Å². The van der Waals surface area contributed by atoms with Crippen molar-refractivity contribution >= 4 is 47.4 Å². The first-order valence-electron chi connectivity index (χ1n) is 14.5. The molecule has 8 amide bonds. The molecule has 0 aromatic heterocycles. The Bertz CT molecular complexity index is 1230. The summed E-state index contributed by atoms with van der Waals surface area (Å²) < 4.78 is 0. The molecular weight excluding hydrogens is 608 g/mol. The van der Waals surface area contributed by atoms with E-state index in [9.17, 15) is 33.6 Å². The van der Waals surface area contributed by atoms with Crippen molar-refractivity contribution in [2.24, 2.45) is 33.7 Å². The molecule has 0 radical (unpaired) electrons. The topological polar surface area (TPSA) is 358 Å². The van der Waals surface area contributed by atoms with Gasteiger partial charge in [0, 0.05) is 38.3 Å². The molecule has 2 aliphatic rings. The summed E-state index contributed by atoms with van der Waals surface area (Å²) in [7, 11) is 0. The van der Waals surface area contributed by atoms with Crippen LogP contribution in [0.15, 0.2) is 16.9 Å². The molecule has 0 aromatic rings. The molecule has 46 heavy (non-hydrogen) atoms. The first-order chi connectivity index (χ1) is 21.7. The highest BCUT2D eigenvalue weighted by atomic mass is 16.2. The highest BCUT2D eigenvalue weighted by Gasteiger charge is 2.35. The molecule has 1 fully saturated rings. The van der Waals surface area contributed by atoms with Crippen LogP contribution in [0.5, 0.6) is 0 Å². The third kappa shape index (κ3) is 11.8. The van der Waals surface area contributed by atoms with Crippen molar-refractivity contribution < 1.29 is 33.6 Å². The van der Waals surface area contributed by atoms with Crippen molar-refractivity contribution in [3.05, 3.63) is 11.9 Å². The molecule has 21 nitrogen and oxygen atoms in total. The molecule has 6 atom stereocenters. The van der Waals surface area contributed by atoms with Crippen molar-refractivity contribution in [3.8, 4) is 0 Å². The quantitative estimate of drug-likeness (QED) is 0.103. The first kappa shape index (κ1) is 37.2. The van der Waals surface area contributed by atoms with Gasteiger partial charge in [0.25, 0.3) is 5.91 Å². The summed E-state index contributed by atoms with van der Waals surface area (Å²) in [6.45, 7) is 0.985. The van der Waals surface area contributed by atoms with Crippen molar-refractivity contribution in [3.63, 3.8) is 0 Å². The van der Waals surface area contributed by atoms with Gasteiger partial charge in [-0.3, -0.25) is 33.8 Å². The van der Waals surface area contributed by atoms with Crippen LogP contribution in [0.2, 0.25) is 0 Å². The fourth-order valence-corrected chi connectivity index (χ4v) is 4.37. The summed E-state index contributed by atoms with van der Waals surface area (Å²) in [6.07, 6.45) is 1.90. The number of carbonyl (C=O) groups is 7. The molecule has 0 spiro atoms. The van der Waals surface area contributed by atoms with Crippen LogP contribution in [0.4, 0.5) is 4.79 Å². The third-order valence-electron chi connectivity index (χ3n) is 6.87. The number of hydrogen-bond acceptors (Lipinski definition) is 13. The van der Waals surface area contributed by atoms with Gasteiger partial charge in [-0.2, -0.15) is 0 Å². The fourth-order valence-electron chi connectivity index (χ4n) is 4.37. The summed E-state index contributed by atoms with van der Waals surface area (Å²) in [5.74, 6) is -5.14. The summed E-state index contributed by atoms with van der Waals surface area (Å²) in [5.41, 5.74) is 27.5. The van der Waals surface area contributed by atoms with Crippen LogP contribution in [0.25, 0.3) is 0 Å². The molecular formula is C25H44N14O7. The second-order valence-corrected chi connectivity index (χ2v) is 10.6. The maximum atomic E-state index is 13.5. The van der Waals surface area contributed by atoms with Gasteiger partial charge in [0.15, 0.2) is 5.96 Å². The van der Waals surface area contributed by atoms with Crippen LogP contribution in [-0.2, 0) is 28.8 Å². The highest BCUT2D eigenvalue weighted by Crippen LogP contribution is 2.07. The largest absolute Gasteiger partial charge is 0.370 e. The van der Waals surface area contributed by atoms with Gasteiger partial charge in [0.2, 0.25) is 29.5 Å². The van der Waals surface area contributed by atoms with Gasteiger partial charge in [0.05, 0.1) is 6.04 Å². The smallest absolute Gasteiger partial charge is 0.316 e. The SMILES string of the molecule is C[C@@H]1NC(=O)[C@@H](NC(=O)C[C@@H](N)CCCN)CNC(=O)[C@H](C2CCN=C(N)N2)NC(=O)/C(=C\NC(N)=O)NC(=O)[C@H](CN)NC1=O. The first-order valence-corrected chi connectivity index (χ1v) is 14.5. The van der Waals surface area contributed by atoms with E-state index < -0.39 is 96.5 Å². The second-order valence-electron chi connectivity index (χ2n) is 10.6. The number of aliphatic imine (C=N–C) groups is 1. The minimum atomic E-state index is -1.41. The summed E-state index contributed by atoms with van der Waals surface area (Å²) in [6, 6.07) is -7.89. The molecule has 0 saturated carbocycles. The van der Waals surface area contributed by atoms with Gasteiger partial charge in [0.1, 0.15) is 29.9 Å². The van der Waals surface area contributed by atoms with E-state index in [2.05, 4.69) is 47.5 Å². The van der Waals surface area contributed by atoms with Gasteiger partial charge in [-0.05, 0) is 32.7 Å². The summed E-state index contributed by atoms with van der Waals surface area (Å²) in [4.78, 5) is 94.2. The molecule has 2 rings (SSSR count). The lowest BCUT2D eigenvalue weighted by molar-refractivity contribution is -0.134. The second kappa shape index (κ2) is 18.1. The van der Waals surface area contributed by atoms with E-state index in [1.165, 1.54) is 6.92 Å². The molecule has 2 heterocycles. The molecule has 256 valence electrons. The van der Waals surface area contributed by atoms with Gasteiger partial charge in [-0.25, -0.2) is 4.79 Å². The Labute approximate surface area is 264 Å². The third-order valence-corrected chi connectivity index (χ3v) is 6.87. The van der Waals surface area contributed by atoms with Crippen LogP contribution < -0.4 is 71.2 Å². The Hall–Kier alpha value is -5.02. The van der Waals surface area contributed by atoms with E-state index in [-0.39, 0.29) is 25.3 Å². The fraction of sp³-hybridized carbons (Fsp3) is 0.600. The molecule has 0 bridgehead atoms. The zero-order valence-corrected chi connectivity index (χ0v) is 25.4. The molecule has 1 unspecified atom stereocenters. The maximum absolute atomic E-state index is 13.5. The predicted molar refractivity (Wildman–Crippen MR) is 163 cm³/mol. The lowest BCUT2D eigenvalue weighted by atomic mass is 10.0. The number of nitrogens with zero attached hydrogens (tertiary/aromatic N) is 1. The van der Waals surface area contributed by atoms with Crippen molar-refractivity contribution in [2.75, 3.05) is 26.2 Å². The zero-order chi connectivity index (χ0) is 34.4. The normalized spacial score (nSPS) is 26.6. The van der Waals surface area contributed by atoms with E-state index in [1.807, 2.05) is 0 Å². The monoisotopic (exact) mass is 652 g/mol. The number of amides is 8. The minimum absolute atomic E-state index is 0.00378. The highest BCUT2D eigenvalue weighted by molar-refractivity contribution is 6.02. The van der Waals surface area contributed by atoms with Crippen molar-refractivity contribution in [1.82, 2.24) is 42.5 Å². The Morgan fingerprint density at radius 1 is 1.02 bits per heavy atom. The van der Waals surface area contributed by atoms with Crippen LogP contribution in [-0.4, -0.2) is 110 Å². The average Bonchev–Trinajstić information content (AvgIpc) is 3.00. The Balaban J connectivity index is 2.47. The van der Waals surface area contributed by atoms with Crippen LogP contribution >= 0.6 is 0 Å². The molecule has 18 N–H and O–H groups in total. The van der Waals surface area contributed by atoms with E-state index in [0.717, 1.165) is 6.20 Å². The zero-order valence-electron chi connectivity index (χ0n) is 25.4. The maximum Gasteiger partial charge on any atom is 0.316 e. The molecule has 0 aromatic carbocycles. The molecule has 1 saturated heterocycles. The van der Waals surface area contributed by atoms with E-state index in [1.54, 1.807) is 0 Å². The van der Waals surface area contributed by atoms with Crippen molar-refractivity contribution in [1.29, 1.82) is 0 Å². The van der Waals surface area contributed by atoms with Crippen LogP contribution in [0, 0.1) is 0 Å². The Morgan fingerprint density at radius 3 is 2.37 bits per heavy atom. The number of hydrogen-bond donors (Lipinski definition) is 13. The van der Waals surface area contributed by atoms with Gasteiger partial charge < -0.3 is 71.2 Å². The molecule has 2 aliphatic heterocycles. The average molecular weight is 653 g/mol. The Kier molecular flexibility index (Phi) is 14.6. The number of nitrogens with two attached hydrogens (primary N) is 5. The van der Waals surface area contributed by atoms with Gasteiger partial charge >= 0.3 is 6.03 Å². The lowest BCUT2D eigenvalue weighted by Gasteiger charge is -2.31. The summed E-state index contributed by atoms with van der Waals surface area (Å²) >= 11 is 0. The summed E-state index contributed by atoms with van der Waals surface area (Å²) in [5, 5.41) is 19.4. The van der Waals surface area contributed by atoms with E-state index in [4.69, 9.17) is 28.7 Å². The number of guanidine groups is 1. The minimum Gasteiger partial charge on any atom is -0.370 e. The van der Waals surface area contributed by atoms with Crippen molar-refractivity contribution in [2.45, 2.75) is 68.9 Å². The molecule has 21 heteroatoms. The molecule has 0 aliphatic carbocycles. The van der Waals surface area contributed by atoms with E-state index >= 15 is 0 Å². The van der Waals surface area contributed by atoms with Gasteiger partial charge in [-0.15, -0.1) is 0 Å². The lowest BCUT2D eigenvalue weighted by Crippen LogP contribution is -2.64. The predicted octanol–water partition coefficient (Wildman–Crippen LogP) is -7.21. The standard InChI is InChI=1S/C25H44N14O7/c1-11-19(41)36-14(8-27)20(42)37-16(10-33-25(30)46)22(44)39-18(13-4-6-31-24(29)38-13)23(45)32-9-15(21(43)34-11)35-17(40)7-12(28)3-2-5-26/h10-15,18H,2-9,26-28H2,1H3,(H,32,45)(H,34,43)(H,35,40)(H,36,41)(H,37,42)(H,39,44)(H3,29,31,38)(H3,30,33,46)/b16-10+/t11-,12-,13?,14-,15-,18-/m0/s1. The van der Waals surface area contributed by atoms with Crippen LogP contribution in [0.3, 0.4) is 0 Å². The Morgan fingerprint density at radius 2 is 1.74 bits per heavy atom. The van der Waals surface area contributed by atoms with E-state index in [0.29, 0.717) is 19.4 Å². The number of primary amides is 1. The number of urea groups is 1. The number of nitrogens with one attached hydrogen (secondary N) is 8. The van der Waals surface area contributed by atoms with Crippen LogP contribution in [0.1, 0.15) is 32.6 Å². The number of rotatable bonds is 9. The number of carbonyl (C=O) groups excluding carboxylic acids is 7.